The summed E-state index contributed by atoms with van der Waals surface area (Å²) in [4.78, 5) is 0. The first-order valence-corrected chi connectivity index (χ1v) is 9.68. The van der Waals surface area contributed by atoms with Crippen molar-refractivity contribution >= 4 is 22.6 Å². The number of phenolic OH excluding ortho intramolecular Hbond substituents is 2. The van der Waals surface area contributed by atoms with E-state index in [1.54, 1.807) is 18.2 Å². The molecule has 3 rings (SSSR count). The smallest absolute Gasteiger partial charge is 0.118 e. The van der Waals surface area contributed by atoms with Crippen LogP contribution in [0.15, 0.2) is 54.6 Å². The fourth-order valence-electron chi connectivity index (χ4n) is 3.61. The predicted molar refractivity (Wildman–Crippen MR) is 115 cm³/mol. The Bertz CT molecular complexity index is 924. The zero-order valence-corrected chi connectivity index (χ0v) is 17.6. The monoisotopic (exact) mass is 458 g/mol. The highest BCUT2D eigenvalue weighted by molar-refractivity contribution is 14.1. The first-order valence-electron chi connectivity index (χ1n) is 8.60. The van der Waals surface area contributed by atoms with E-state index in [4.69, 9.17) is 0 Å². The maximum absolute atomic E-state index is 9.99. The van der Waals surface area contributed by atoms with E-state index in [1.807, 2.05) is 26.0 Å². The molecule has 1 atom stereocenters. The van der Waals surface area contributed by atoms with Crippen LogP contribution in [0.4, 0.5) is 0 Å². The second-order valence-corrected chi connectivity index (χ2v) is 8.25. The van der Waals surface area contributed by atoms with Gasteiger partial charge in [-0.2, -0.15) is 0 Å². The molecule has 0 aromatic heterocycles. The molecular weight excluding hydrogens is 435 g/mol. The van der Waals surface area contributed by atoms with Gasteiger partial charge in [0.05, 0.1) is 0 Å². The van der Waals surface area contributed by atoms with E-state index in [0.717, 1.165) is 22.3 Å². The van der Waals surface area contributed by atoms with Crippen LogP contribution in [0.3, 0.4) is 0 Å². The summed E-state index contributed by atoms with van der Waals surface area (Å²) < 4.78 is 1.23. The zero-order chi connectivity index (χ0) is 19.1. The van der Waals surface area contributed by atoms with Gasteiger partial charge in [0.15, 0.2) is 0 Å². The van der Waals surface area contributed by atoms with Crippen LogP contribution in [0.1, 0.15) is 40.3 Å². The fourth-order valence-corrected chi connectivity index (χ4v) is 3.94. The SMILES string of the molecule is Cc1cc(C(C)(c2ccc(I)c(C)c2)c2ccc(O)cc2C)ccc1O. The molecule has 26 heavy (non-hydrogen) atoms. The number of halogens is 1. The van der Waals surface area contributed by atoms with Gasteiger partial charge in [-0.1, -0.05) is 30.3 Å². The Balaban J connectivity index is 2.33. The van der Waals surface area contributed by atoms with Crippen LogP contribution >= 0.6 is 22.6 Å². The summed E-state index contributed by atoms with van der Waals surface area (Å²) in [5.74, 6) is 0.576. The van der Waals surface area contributed by atoms with Gasteiger partial charge >= 0.3 is 0 Å². The Kier molecular flexibility index (Phi) is 5.02. The third-order valence-electron chi connectivity index (χ3n) is 5.26. The average molecular weight is 458 g/mol. The van der Waals surface area contributed by atoms with Crippen LogP contribution in [0.25, 0.3) is 0 Å². The molecule has 0 fully saturated rings. The molecule has 2 nitrogen and oxygen atoms in total. The van der Waals surface area contributed by atoms with E-state index < -0.39 is 5.41 Å². The van der Waals surface area contributed by atoms with Crippen molar-refractivity contribution < 1.29 is 10.2 Å². The normalized spacial score (nSPS) is 13.4. The third-order valence-corrected chi connectivity index (χ3v) is 6.47. The molecule has 0 bridgehead atoms. The first kappa shape index (κ1) is 18.8. The summed E-state index contributed by atoms with van der Waals surface area (Å²) in [5.41, 5.74) is 6.17. The van der Waals surface area contributed by atoms with Crippen molar-refractivity contribution in [3.63, 3.8) is 0 Å². The summed E-state index contributed by atoms with van der Waals surface area (Å²) >= 11 is 2.35. The van der Waals surface area contributed by atoms with E-state index in [0.29, 0.717) is 5.75 Å². The van der Waals surface area contributed by atoms with E-state index in [1.165, 1.54) is 14.7 Å². The number of aryl methyl sites for hydroxylation is 3. The van der Waals surface area contributed by atoms with Crippen molar-refractivity contribution in [3.05, 3.63) is 91.5 Å². The standard InChI is InChI=1S/C23H23IO2/c1-14-13-19(25)7-8-20(14)23(4,17-5-9-21(24)15(2)11-17)18-6-10-22(26)16(3)12-18/h5-13,25-26H,1-4H3. The van der Waals surface area contributed by atoms with E-state index >= 15 is 0 Å². The van der Waals surface area contributed by atoms with Crippen LogP contribution in [-0.4, -0.2) is 10.2 Å². The van der Waals surface area contributed by atoms with Crippen LogP contribution in [0, 0.1) is 24.3 Å². The molecule has 1 unspecified atom stereocenters. The highest BCUT2D eigenvalue weighted by Crippen LogP contribution is 2.42. The molecule has 134 valence electrons. The molecule has 2 N–H and O–H groups in total. The number of rotatable bonds is 3. The number of hydrogen-bond acceptors (Lipinski definition) is 2. The van der Waals surface area contributed by atoms with Crippen LogP contribution in [0.2, 0.25) is 0 Å². The Labute approximate surface area is 168 Å². The van der Waals surface area contributed by atoms with Crippen molar-refractivity contribution in [2.24, 2.45) is 0 Å². The lowest BCUT2D eigenvalue weighted by atomic mass is 9.69. The van der Waals surface area contributed by atoms with Gasteiger partial charge in [0.25, 0.3) is 0 Å². The molecule has 0 aliphatic carbocycles. The summed E-state index contributed by atoms with van der Waals surface area (Å²) in [6.45, 7) is 8.28. The fraction of sp³-hybridized carbons (Fsp3) is 0.217. The van der Waals surface area contributed by atoms with Crippen molar-refractivity contribution in [3.8, 4) is 11.5 Å². The molecule has 0 saturated carbocycles. The second-order valence-electron chi connectivity index (χ2n) is 7.09. The van der Waals surface area contributed by atoms with Crippen LogP contribution in [-0.2, 0) is 5.41 Å². The van der Waals surface area contributed by atoms with Crippen molar-refractivity contribution in [1.82, 2.24) is 0 Å². The Morgan fingerprint density at radius 1 is 0.731 bits per heavy atom. The summed E-state index contributed by atoms with van der Waals surface area (Å²) in [6.07, 6.45) is 0. The summed E-state index contributed by atoms with van der Waals surface area (Å²) in [7, 11) is 0. The predicted octanol–water partition coefficient (Wildman–Crippen LogP) is 5.98. The lowest BCUT2D eigenvalue weighted by molar-refractivity contribution is 0.470. The number of phenols is 2. The summed E-state index contributed by atoms with van der Waals surface area (Å²) in [6, 6.07) is 17.9. The number of hydrogen-bond donors (Lipinski definition) is 2. The highest BCUT2D eigenvalue weighted by atomic mass is 127. The lowest BCUT2D eigenvalue weighted by Crippen LogP contribution is -2.26. The summed E-state index contributed by atoms with van der Waals surface area (Å²) in [5, 5.41) is 19.9. The van der Waals surface area contributed by atoms with Crippen LogP contribution in [0.5, 0.6) is 11.5 Å². The molecule has 0 heterocycles. The first-order chi connectivity index (χ1) is 12.2. The lowest BCUT2D eigenvalue weighted by Gasteiger charge is -2.34. The van der Waals surface area contributed by atoms with E-state index in [-0.39, 0.29) is 5.75 Å². The van der Waals surface area contributed by atoms with E-state index in [2.05, 4.69) is 60.7 Å². The Hall–Kier alpha value is -2.01. The molecule has 0 amide bonds. The topological polar surface area (TPSA) is 40.5 Å². The minimum atomic E-state index is -0.397. The van der Waals surface area contributed by atoms with Gasteiger partial charge in [0, 0.05) is 8.99 Å². The maximum Gasteiger partial charge on any atom is 0.118 e. The minimum absolute atomic E-state index is 0.272. The number of aromatic hydroxyl groups is 2. The molecule has 3 aromatic carbocycles. The highest BCUT2D eigenvalue weighted by Gasteiger charge is 2.33. The van der Waals surface area contributed by atoms with Gasteiger partial charge in [0.1, 0.15) is 11.5 Å². The van der Waals surface area contributed by atoms with E-state index in [9.17, 15) is 10.2 Å². The Morgan fingerprint density at radius 2 is 1.35 bits per heavy atom. The molecule has 3 aromatic rings. The number of benzene rings is 3. The molecular formula is C23H23IO2. The molecule has 0 aliphatic rings. The third kappa shape index (κ3) is 3.20. The molecule has 3 heteroatoms. The Morgan fingerprint density at radius 3 is 1.92 bits per heavy atom. The minimum Gasteiger partial charge on any atom is -0.508 e. The van der Waals surface area contributed by atoms with Crippen molar-refractivity contribution in [1.29, 1.82) is 0 Å². The van der Waals surface area contributed by atoms with Gasteiger partial charge in [-0.15, -0.1) is 0 Å². The average Bonchev–Trinajstić information content (AvgIpc) is 2.59. The van der Waals surface area contributed by atoms with Crippen LogP contribution < -0.4 is 0 Å². The van der Waals surface area contributed by atoms with Crippen molar-refractivity contribution in [2.45, 2.75) is 33.1 Å². The zero-order valence-electron chi connectivity index (χ0n) is 15.5. The van der Waals surface area contributed by atoms with Gasteiger partial charge in [-0.25, -0.2) is 0 Å². The quantitative estimate of drug-likeness (QED) is 0.375. The molecule has 0 radical (unpaired) electrons. The van der Waals surface area contributed by atoms with Gasteiger partial charge in [-0.3, -0.25) is 0 Å². The largest absolute Gasteiger partial charge is 0.508 e. The molecule has 0 saturated heterocycles. The van der Waals surface area contributed by atoms with Gasteiger partial charge in [0.2, 0.25) is 0 Å². The maximum atomic E-state index is 9.99. The molecule has 0 aliphatic heterocycles. The van der Waals surface area contributed by atoms with Crippen molar-refractivity contribution in [2.75, 3.05) is 0 Å². The van der Waals surface area contributed by atoms with Gasteiger partial charge in [-0.05, 0) is 108 Å². The second kappa shape index (κ2) is 6.95. The molecule has 0 spiro atoms. The van der Waals surface area contributed by atoms with Gasteiger partial charge < -0.3 is 10.2 Å².